The fourth-order valence-electron chi connectivity index (χ4n) is 1.55. The second-order valence-corrected chi connectivity index (χ2v) is 8.54. The van der Waals surface area contributed by atoms with Gasteiger partial charge in [-0.05, 0) is 27.7 Å². The second kappa shape index (κ2) is 12.2. The maximum atomic E-state index is 13.7. The van der Waals surface area contributed by atoms with Crippen LogP contribution in [0.3, 0.4) is 0 Å². The SMILES string of the molecule is CCOP(=O)(CO/C(F)=C(/F)C(F)(F)OCP(=O)(OCC)OCC)OCC. The highest BCUT2D eigenvalue weighted by Crippen LogP contribution is 2.50. The van der Waals surface area contributed by atoms with Gasteiger partial charge in [0.25, 0.3) is 5.83 Å². The summed E-state index contributed by atoms with van der Waals surface area (Å²) >= 11 is 0. The van der Waals surface area contributed by atoms with E-state index in [0.717, 1.165) is 0 Å². The lowest BCUT2D eigenvalue weighted by Crippen LogP contribution is -2.24. The summed E-state index contributed by atoms with van der Waals surface area (Å²) in [5.74, 6) is -2.75. The van der Waals surface area contributed by atoms with Gasteiger partial charge in [0, 0.05) is 0 Å². The van der Waals surface area contributed by atoms with Crippen molar-refractivity contribution in [3.8, 4) is 0 Å². The molecule has 162 valence electrons. The molecule has 0 aliphatic carbocycles. The van der Waals surface area contributed by atoms with E-state index in [1.807, 2.05) is 0 Å². The lowest BCUT2D eigenvalue weighted by molar-refractivity contribution is -0.215. The number of ether oxygens (including phenoxy) is 2. The number of hydrogen-bond donors (Lipinski definition) is 0. The third-order valence-corrected chi connectivity index (χ3v) is 5.98. The first-order chi connectivity index (χ1) is 12.5. The van der Waals surface area contributed by atoms with Crippen molar-refractivity contribution in [1.29, 1.82) is 0 Å². The van der Waals surface area contributed by atoms with E-state index in [0.29, 0.717) is 0 Å². The fraction of sp³-hybridized carbons (Fsp3) is 0.846. The molecule has 0 saturated heterocycles. The first-order valence-corrected chi connectivity index (χ1v) is 11.4. The van der Waals surface area contributed by atoms with Crippen LogP contribution < -0.4 is 0 Å². The number of alkyl halides is 2. The van der Waals surface area contributed by atoms with Crippen molar-refractivity contribution in [3.05, 3.63) is 11.8 Å². The van der Waals surface area contributed by atoms with Crippen molar-refractivity contribution in [3.63, 3.8) is 0 Å². The quantitative estimate of drug-likeness (QED) is 0.193. The first-order valence-electron chi connectivity index (χ1n) is 7.95. The number of rotatable bonds is 15. The van der Waals surface area contributed by atoms with Gasteiger partial charge in [-0.3, -0.25) is 9.13 Å². The van der Waals surface area contributed by atoms with Crippen molar-refractivity contribution < 1.29 is 54.3 Å². The van der Waals surface area contributed by atoms with Crippen LogP contribution in [0.4, 0.5) is 17.6 Å². The maximum absolute atomic E-state index is 13.7. The summed E-state index contributed by atoms with van der Waals surface area (Å²) in [6.07, 6.45) is -7.31. The van der Waals surface area contributed by atoms with Crippen molar-refractivity contribution in [2.75, 3.05) is 39.1 Å². The molecule has 0 N–H and O–H groups in total. The van der Waals surface area contributed by atoms with Gasteiger partial charge in [0.15, 0.2) is 12.7 Å². The molecule has 27 heavy (non-hydrogen) atoms. The van der Waals surface area contributed by atoms with Crippen LogP contribution in [0.5, 0.6) is 0 Å². The summed E-state index contributed by atoms with van der Waals surface area (Å²) in [5.41, 5.74) is 0. The summed E-state index contributed by atoms with van der Waals surface area (Å²) < 4.78 is 105. The highest BCUT2D eigenvalue weighted by molar-refractivity contribution is 7.53. The Labute approximate surface area is 155 Å². The standard InChI is InChI=1S/C13H24F4O8P2/c1-5-22-26(18,23-6-2)9-20-12(15)11(14)13(16,17)21-10-27(19,24-7-3)25-8-4/h5-10H2,1-4H3/b12-11+. The average molecular weight is 446 g/mol. The Hall–Kier alpha value is -0.480. The molecule has 0 aromatic rings. The van der Waals surface area contributed by atoms with Gasteiger partial charge in [0.1, 0.15) is 0 Å². The second-order valence-electron chi connectivity index (χ2n) is 4.54. The van der Waals surface area contributed by atoms with Crippen LogP contribution in [0.2, 0.25) is 0 Å². The zero-order valence-corrected chi connectivity index (χ0v) is 17.2. The highest BCUT2D eigenvalue weighted by Gasteiger charge is 2.44. The van der Waals surface area contributed by atoms with E-state index in [-0.39, 0.29) is 26.4 Å². The van der Waals surface area contributed by atoms with E-state index < -0.39 is 45.8 Å². The topological polar surface area (TPSA) is 89.5 Å². The number of halogens is 4. The molecule has 0 saturated carbocycles. The average Bonchev–Trinajstić information content (AvgIpc) is 2.58. The lowest BCUT2D eigenvalue weighted by Gasteiger charge is -2.21. The lowest BCUT2D eigenvalue weighted by atomic mass is 10.5. The molecule has 0 spiro atoms. The Balaban J connectivity index is 5.09. The van der Waals surface area contributed by atoms with E-state index in [1.54, 1.807) is 0 Å². The monoisotopic (exact) mass is 446 g/mol. The largest absolute Gasteiger partial charge is 0.456 e. The van der Waals surface area contributed by atoms with E-state index in [9.17, 15) is 26.7 Å². The van der Waals surface area contributed by atoms with Crippen molar-refractivity contribution >= 4 is 15.2 Å². The minimum absolute atomic E-state index is 0.0993. The Morgan fingerprint density at radius 2 is 1.15 bits per heavy atom. The van der Waals surface area contributed by atoms with Crippen LogP contribution in [0.25, 0.3) is 0 Å². The van der Waals surface area contributed by atoms with Crippen LogP contribution in [-0.4, -0.2) is 45.2 Å². The van der Waals surface area contributed by atoms with Crippen LogP contribution >= 0.6 is 15.2 Å². The molecule has 8 nitrogen and oxygen atoms in total. The van der Waals surface area contributed by atoms with Crippen molar-refractivity contribution in [2.24, 2.45) is 0 Å². The van der Waals surface area contributed by atoms with Crippen molar-refractivity contribution in [1.82, 2.24) is 0 Å². The molecule has 0 bridgehead atoms. The Kier molecular flexibility index (Phi) is 11.9. The fourth-order valence-corrected chi connectivity index (χ4v) is 4.16. The van der Waals surface area contributed by atoms with E-state index >= 15 is 0 Å². The van der Waals surface area contributed by atoms with Crippen LogP contribution in [0.15, 0.2) is 11.8 Å². The molecular formula is C13H24F4O8P2. The first kappa shape index (κ1) is 26.5. The van der Waals surface area contributed by atoms with Gasteiger partial charge in [-0.15, -0.1) is 0 Å². The van der Waals surface area contributed by atoms with Crippen LogP contribution in [-0.2, 0) is 36.7 Å². The zero-order chi connectivity index (χ0) is 21.1. The molecule has 0 rings (SSSR count). The molecule has 0 aromatic carbocycles. The molecular weight excluding hydrogens is 422 g/mol. The van der Waals surface area contributed by atoms with Gasteiger partial charge >= 0.3 is 27.3 Å². The van der Waals surface area contributed by atoms with E-state index in [2.05, 4.69) is 9.47 Å². The Morgan fingerprint density at radius 1 is 0.778 bits per heavy atom. The van der Waals surface area contributed by atoms with Gasteiger partial charge < -0.3 is 27.6 Å². The molecule has 0 heterocycles. The van der Waals surface area contributed by atoms with Gasteiger partial charge in [-0.2, -0.15) is 17.6 Å². The van der Waals surface area contributed by atoms with Gasteiger partial charge in [0.2, 0.25) is 0 Å². The van der Waals surface area contributed by atoms with E-state index in [1.165, 1.54) is 27.7 Å². The van der Waals surface area contributed by atoms with Gasteiger partial charge in [0.05, 0.1) is 26.4 Å². The molecule has 0 radical (unpaired) electrons. The molecule has 0 aromatic heterocycles. The summed E-state index contributed by atoms with van der Waals surface area (Å²) in [7, 11) is -8.04. The van der Waals surface area contributed by atoms with Crippen molar-refractivity contribution in [2.45, 2.75) is 33.8 Å². The van der Waals surface area contributed by atoms with E-state index in [4.69, 9.17) is 18.1 Å². The highest BCUT2D eigenvalue weighted by atomic mass is 31.2. The minimum atomic E-state index is -4.84. The maximum Gasteiger partial charge on any atom is 0.416 e. The summed E-state index contributed by atoms with van der Waals surface area (Å²) in [6, 6.07) is -2.39. The van der Waals surface area contributed by atoms with Gasteiger partial charge in [-0.1, -0.05) is 0 Å². The summed E-state index contributed by atoms with van der Waals surface area (Å²) in [4.78, 5) is 0. The number of hydrogen-bond acceptors (Lipinski definition) is 8. The molecule has 0 atom stereocenters. The normalized spacial score (nSPS) is 14.2. The van der Waals surface area contributed by atoms with Gasteiger partial charge in [-0.25, -0.2) is 0 Å². The predicted molar refractivity (Wildman–Crippen MR) is 87.8 cm³/mol. The summed E-state index contributed by atoms with van der Waals surface area (Å²) in [6.45, 7) is 5.26. The third-order valence-electron chi connectivity index (χ3n) is 2.48. The Morgan fingerprint density at radius 3 is 1.52 bits per heavy atom. The third kappa shape index (κ3) is 9.51. The smallest absolute Gasteiger partial charge is 0.416 e. The molecule has 0 aliphatic rings. The zero-order valence-electron chi connectivity index (χ0n) is 15.4. The van der Waals surface area contributed by atoms with Crippen LogP contribution in [0.1, 0.15) is 27.7 Å². The summed E-state index contributed by atoms with van der Waals surface area (Å²) in [5, 5.41) is 0. The molecule has 14 heteroatoms. The Bertz CT molecular complexity index is 553. The molecule has 0 fully saturated rings. The molecule has 0 unspecified atom stereocenters. The molecule has 0 aliphatic heterocycles. The predicted octanol–water partition coefficient (Wildman–Crippen LogP) is 5.17. The van der Waals surface area contributed by atoms with Crippen LogP contribution in [0, 0.1) is 0 Å². The minimum Gasteiger partial charge on any atom is -0.456 e. The molecule has 0 amide bonds.